The first kappa shape index (κ1) is 20.7. The number of aromatic nitrogens is 2. The van der Waals surface area contributed by atoms with Gasteiger partial charge in [-0.15, -0.1) is 0 Å². The normalized spacial score (nSPS) is 10.7. The predicted octanol–water partition coefficient (Wildman–Crippen LogP) is 4.45. The van der Waals surface area contributed by atoms with E-state index in [9.17, 15) is 14.0 Å². The highest BCUT2D eigenvalue weighted by Gasteiger charge is 2.13. The molecule has 1 amide bonds. The number of carbonyl (C=O) groups excluding carboxylic acids is 1. The van der Waals surface area contributed by atoms with E-state index in [0.717, 1.165) is 10.0 Å². The third-order valence-electron chi connectivity index (χ3n) is 4.25. The van der Waals surface area contributed by atoms with E-state index in [1.807, 2.05) is 19.1 Å². The van der Waals surface area contributed by atoms with E-state index in [-0.39, 0.29) is 29.8 Å². The molecule has 0 aliphatic carbocycles. The monoisotopic (exact) mass is 458 g/mol. The molecule has 0 aliphatic heterocycles. The SMILES string of the molecule is Cc1ccc(NC(=O)Cn2c(Nc3ccc(F)c(C)c3)nc(C)cc2=O)c(Br)c1. The molecule has 0 unspecified atom stereocenters. The number of benzene rings is 2. The standard InChI is InChI=1S/C21H20BrFN4O2/c1-12-4-7-18(16(22)8-12)26-19(28)11-27-20(29)10-14(3)24-21(27)25-15-5-6-17(23)13(2)9-15/h4-10H,11H2,1-3H3,(H,24,25)(H,26,28). The molecule has 8 heteroatoms. The molecule has 0 atom stereocenters. The molecule has 150 valence electrons. The summed E-state index contributed by atoms with van der Waals surface area (Å²) in [6, 6.07) is 11.4. The Kier molecular flexibility index (Phi) is 6.12. The van der Waals surface area contributed by atoms with Crippen LogP contribution >= 0.6 is 15.9 Å². The van der Waals surface area contributed by atoms with Crippen molar-refractivity contribution in [1.29, 1.82) is 0 Å². The smallest absolute Gasteiger partial charge is 0.255 e. The minimum atomic E-state index is -0.374. The third kappa shape index (κ3) is 5.08. The molecule has 1 aromatic heterocycles. The number of nitrogens with one attached hydrogen (secondary N) is 2. The molecule has 0 aliphatic rings. The number of hydrogen-bond donors (Lipinski definition) is 2. The van der Waals surface area contributed by atoms with Crippen LogP contribution < -0.4 is 16.2 Å². The fourth-order valence-corrected chi connectivity index (χ4v) is 3.37. The highest BCUT2D eigenvalue weighted by atomic mass is 79.9. The molecule has 0 spiro atoms. The van der Waals surface area contributed by atoms with E-state index in [1.165, 1.54) is 16.7 Å². The highest BCUT2D eigenvalue weighted by Crippen LogP contribution is 2.23. The van der Waals surface area contributed by atoms with E-state index in [2.05, 4.69) is 31.5 Å². The Morgan fingerprint density at radius 2 is 1.90 bits per heavy atom. The van der Waals surface area contributed by atoms with Crippen molar-refractivity contribution in [1.82, 2.24) is 9.55 Å². The van der Waals surface area contributed by atoms with Gasteiger partial charge < -0.3 is 10.6 Å². The van der Waals surface area contributed by atoms with Crippen molar-refractivity contribution in [2.45, 2.75) is 27.3 Å². The van der Waals surface area contributed by atoms with Crippen LogP contribution in [0.4, 0.5) is 21.7 Å². The van der Waals surface area contributed by atoms with Gasteiger partial charge in [0.25, 0.3) is 5.56 Å². The Bertz CT molecular complexity index is 1140. The minimum Gasteiger partial charge on any atom is -0.326 e. The number of carbonyl (C=O) groups is 1. The first-order valence-electron chi connectivity index (χ1n) is 8.90. The number of halogens is 2. The van der Waals surface area contributed by atoms with Gasteiger partial charge >= 0.3 is 0 Å². The van der Waals surface area contributed by atoms with Crippen molar-refractivity contribution in [2.75, 3.05) is 10.6 Å². The number of aryl methyl sites for hydroxylation is 3. The second-order valence-electron chi connectivity index (χ2n) is 6.77. The van der Waals surface area contributed by atoms with E-state index in [4.69, 9.17) is 0 Å². The van der Waals surface area contributed by atoms with E-state index in [0.29, 0.717) is 22.6 Å². The summed E-state index contributed by atoms with van der Waals surface area (Å²) in [7, 11) is 0. The van der Waals surface area contributed by atoms with E-state index in [1.54, 1.807) is 32.0 Å². The first-order chi connectivity index (χ1) is 13.7. The van der Waals surface area contributed by atoms with Crippen molar-refractivity contribution in [3.05, 3.63) is 79.9 Å². The lowest BCUT2D eigenvalue weighted by Gasteiger charge is -2.15. The molecule has 2 aromatic carbocycles. The van der Waals surface area contributed by atoms with Crippen LogP contribution in [0.1, 0.15) is 16.8 Å². The van der Waals surface area contributed by atoms with Crippen molar-refractivity contribution < 1.29 is 9.18 Å². The molecule has 2 N–H and O–H groups in total. The van der Waals surface area contributed by atoms with Gasteiger partial charge in [-0.3, -0.25) is 14.2 Å². The molecule has 0 saturated heterocycles. The zero-order chi connectivity index (χ0) is 21.1. The van der Waals surface area contributed by atoms with Crippen LogP contribution in [0.5, 0.6) is 0 Å². The summed E-state index contributed by atoms with van der Waals surface area (Å²) < 4.78 is 15.5. The second-order valence-corrected chi connectivity index (χ2v) is 7.62. The average Bonchev–Trinajstić information content (AvgIpc) is 2.63. The van der Waals surface area contributed by atoms with Crippen molar-refractivity contribution in [2.24, 2.45) is 0 Å². The maximum atomic E-state index is 13.5. The van der Waals surface area contributed by atoms with Crippen molar-refractivity contribution in [3.63, 3.8) is 0 Å². The van der Waals surface area contributed by atoms with Gasteiger partial charge in [-0.2, -0.15) is 0 Å². The number of rotatable bonds is 5. The van der Waals surface area contributed by atoms with E-state index >= 15 is 0 Å². The summed E-state index contributed by atoms with van der Waals surface area (Å²) in [5, 5.41) is 5.79. The zero-order valence-corrected chi connectivity index (χ0v) is 17.8. The van der Waals surface area contributed by atoms with Crippen molar-refractivity contribution >= 4 is 39.2 Å². The zero-order valence-electron chi connectivity index (χ0n) is 16.2. The minimum absolute atomic E-state index is 0.208. The van der Waals surface area contributed by atoms with Crippen LogP contribution in [0.15, 0.2) is 51.7 Å². The Morgan fingerprint density at radius 3 is 2.59 bits per heavy atom. The molecule has 1 heterocycles. The van der Waals surface area contributed by atoms with Crippen LogP contribution in [0.25, 0.3) is 0 Å². The number of amides is 1. The Balaban J connectivity index is 1.87. The van der Waals surface area contributed by atoms with Gasteiger partial charge in [-0.25, -0.2) is 9.37 Å². The molecule has 29 heavy (non-hydrogen) atoms. The van der Waals surface area contributed by atoms with Gasteiger partial charge in [0.15, 0.2) is 0 Å². The topological polar surface area (TPSA) is 76.0 Å². The molecule has 6 nitrogen and oxygen atoms in total. The van der Waals surface area contributed by atoms with Crippen LogP contribution in [-0.4, -0.2) is 15.5 Å². The largest absolute Gasteiger partial charge is 0.326 e. The quantitative estimate of drug-likeness (QED) is 0.591. The maximum Gasteiger partial charge on any atom is 0.255 e. The van der Waals surface area contributed by atoms with Gasteiger partial charge in [0.1, 0.15) is 12.4 Å². The third-order valence-corrected chi connectivity index (χ3v) is 4.91. The van der Waals surface area contributed by atoms with Gasteiger partial charge in [0.05, 0.1) is 5.69 Å². The lowest BCUT2D eigenvalue weighted by atomic mass is 10.2. The molecule has 3 rings (SSSR count). The van der Waals surface area contributed by atoms with Gasteiger partial charge in [-0.05, 0) is 78.2 Å². The fraction of sp³-hybridized carbons (Fsp3) is 0.190. The average molecular weight is 459 g/mol. The summed E-state index contributed by atoms with van der Waals surface area (Å²) >= 11 is 3.42. The van der Waals surface area contributed by atoms with Crippen LogP contribution in [-0.2, 0) is 11.3 Å². The maximum absolute atomic E-state index is 13.5. The molecule has 0 saturated carbocycles. The molecular formula is C21H20BrFN4O2. The lowest BCUT2D eigenvalue weighted by molar-refractivity contribution is -0.116. The van der Waals surface area contributed by atoms with Crippen molar-refractivity contribution in [3.8, 4) is 0 Å². The first-order valence-corrected chi connectivity index (χ1v) is 9.70. The number of anilines is 3. The second kappa shape index (κ2) is 8.57. The summed E-state index contributed by atoms with van der Waals surface area (Å²) in [6.07, 6.45) is 0. The van der Waals surface area contributed by atoms with Gasteiger partial charge in [0, 0.05) is 21.9 Å². The van der Waals surface area contributed by atoms with Crippen LogP contribution in [0.2, 0.25) is 0 Å². The summed E-state index contributed by atoms with van der Waals surface area (Å²) in [5.41, 5.74) is 2.83. The van der Waals surface area contributed by atoms with Gasteiger partial charge in [-0.1, -0.05) is 6.07 Å². The Morgan fingerprint density at radius 1 is 1.14 bits per heavy atom. The molecule has 0 radical (unpaired) electrons. The summed E-state index contributed by atoms with van der Waals surface area (Å²) in [5.74, 6) is -0.493. The number of nitrogens with zero attached hydrogens (tertiary/aromatic N) is 2. The summed E-state index contributed by atoms with van der Waals surface area (Å²) in [6.45, 7) is 5.05. The molecular weight excluding hydrogens is 439 g/mol. The van der Waals surface area contributed by atoms with Crippen LogP contribution in [0, 0.1) is 26.6 Å². The lowest BCUT2D eigenvalue weighted by Crippen LogP contribution is -2.30. The molecule has 0 bridgehead atoms. The Labute approximate surface area is 175 Å². The predicted molar refractivity (Wildman–Crippen MR) is 115 cm³/mol. The Hall–Kier alpha value is -3.00. The van der Waals surface area contributed by atoms with E-state index < -0.39 is 0 Å². The molecule has 3 aromatic rings. The number of hydrogen-bond acceptors (Lipinski definition) is 4. The van der Waals surface area contributed by atoms with Crippen LogP contribution in [0.3, 0.4) is 0 Å². The summed E-state index contributed by atoms with van der Waals surface area (Å²) in [4.78, 5) is 29.4. The highest BCUT2D eigenvalue weighted by molar-refractivity contribution is 9.10. The fourth-order valence-electron chi connectivity index (χ4n) is 2.78. The van der Waals surface area contributed by atoms with Gasteiger partial charge in [0.2, 0.25) is 11.9 Å². The molecule has 0 fully saturated rings.